The van der Waals surface area contributed by atoms with E-state index < -0.39 is 5.60 Å². The summed E-state index contributed by atoms with van der Waals surface area (Å²) in [6.07, 6.45) is 4.28. The number of aryl methyl sites for hydroxylation is 1. The second-order valence-electron chi connectivity index (χ2n) is 6.56. The Balaban J connectivity index is 1.92. The number of piperidine rings is 1. The summed E-state index contributed by atoms with van der Waals surface area (Å²) in [5, 5.41) is 4.54. The lowest BCUT2D eigenvalue weighted by Crippen LogP contribution is -2.42. The molecule has 2 N–H and O–H groups in total. The Morgan fingerprint density at radius 2 is 2.05 bits per heavy atom. The van der Waals surface area contributed by atoms with Crippen LogP contribution in [0.5, 0.6) is 0 Å². The van der Waals surface area contributed by atoms with Crippen LogP contribution in [0.25, 0.3) is 0 Å². The summed E-state index contributed by atoms with van der Waals surface area (Å²) < 4.78 is 7.36. The van der Waals surface area contributed by atoms with Crippen molar-refractivity contribution in [3.63, 3.8) is 0 Å². The van der Waals surface area contributed by atoms with Gasteiger partial charge in [0.1, 0.15) is 5.60 Å². The van der Waals surface area contributed by atoms with Crippen molar-refractivity contribution in [3.8, 4) is 0 Å². The minimum Gasteiger partial charge on any atom is -0.444 e. The Morgan fingerprint density at radius 1 is 1.43 bits per heavy atom. The highest BCUT2D eigenvalue weighted by Crippen LogP contribution is 2.25. The molecule has 1 amide bonds. The Hall–Kier alpha value is -1.72. The van der Waals surface area contributed by atoms with Gasteiger partial charge in [-0.15, -0.1) is 0 Å². The zero-order valence-electron chi connectivity index (χ0n) is 13.4. The van der Waals surface area contributed by atoms with Crippen LogP contribution < -0.4 is 5.73 Å². The van der Waals surface area contributed by atoms with Crippen LogP contribution in [-0.4, -0.2) is 39.5 Å². The number of likely N-dealkylation sites (tertiary alicyclic amines) is 1. The average Bonchev–Trinajstić information content (AvgIpc) is 2.78. The molecule has 0 saturated carbocycles. The van der Waals surface area contributed by atoms with E-state index in [1.165, 1.54) is 0 Å². The van der Waals surface area contributed by atoms with Gasteiger partial charge in [0.05, 0.1) is 17.4 Å². The van der Waals surface area contributed by atoms with Gasteiger partial charge < -0.3 is 15.4 Å². The molecule has 0 unspecified atom stereocenters. The number of hydrogen-bond acceptors (Lipinski definition) is 4. The minimum absolute atomic E-state index is 0.227. The van der Waals surface area contributed by atoms with Crippen LogP contribution >= 0.6 is 0 Å². The molecule has 6 heteroatoms. The number of nitrogens with zero attached hydrogens (tertiary/aromatic N) is 3. The van der Waals surface area contributed by atoms with Crippen LogP contribution in [0.2, 0.25) is 0 Å². The fourth-order valence-corrected chi connectivity index (χ4v) is 2.54. The molecule has 0 bridgehead atoms. The number of aromatic nitrogens is 2. The quantitative estimate of drug-likeness (QED) is 0.910. The van der Waals surface area contributed by atoms with E-state index in [4.69, 9.17) is 10.5 Å². The zero-order valence-corrected chi connectivity index (χ0v) is 13.4. The van der Waals surface area contributed by atoms with Crippen LogP contribution in [0.4, 0.5) is 10.5 Å². The van der Waals surface area contributed by atoms with Crippen LogP contribution in [0.15, 0.2) is 6.20 Å². The summed E-state index contributed by atoms with van der Waals surface area (Å²) in [5.41, 5.74) is 7.20. The first-order chi connectivity index (χ1) is 9.80. The molecule has 0 radical (unpaired) electrons. The Kier molecular flexibility index (Phi) is 4.44. The lowest BCUT2D eigenvalue weighted by molar-refractivity contribution is 0.0184. The van der Waals surface area contributed by atoms with Gasteiger partial charge in [-0.3, -0.25) is 4.68 Å². The van der Waals surface area contributed by atoms with E-state index in [2.05, 4.69) is 5.10 Å². The maximum atomic E-state index is 12.0. The number of carbonyl (C=O) groups excluding carboxylic acids is 1. The molecule has 118 valence electrons. The van der Waals surface area contributed by atoms with E-state index >= 15 is 0 Å². The molecule has 2 heterocycles. The van der Waals surface area contributed by atoms with Crippen molar-refractivity contribution < 1.29 is 9.53 Å². The average molecular weight is 294 g/mol. The molecule has 1 aliphatic rings. The van der Waals surface area contributed by atoms with Crippen molar-refractivity contribution in [2.24, 2.45) is 0 Å². The monoisotopic (exact) mass is 294 g/mol. The number of anilines is 1. The molecule has 0 spiro atoms. The predicted molar refractivity (Wildman–Crippen MR) is 82.1 cm³/mol. The van der Waals surface area contributed by atoms with Crippen LogP contribution in [0, 0.1) is 0 Å². The van der Waals surface area contributed by atoms with Gasteiger partial charge >= 0.3 is 6.09 Å². The maximum absolute atomic E-state index is 12.0. The van der Waals surface area contributed by atoms with Crippen molar-refractivity contribution in [1.29, 1.82) is 0 Å². The van der Waals surface area contributed by atoms with Crippen LogP contribution in [-0.2, 0) is 11.2 Å². The molecule has 1 saturated heterocycles. The van der Waals surface area contributed by atoms with Crippen molar-refractivity contribution in [3.05, 3.63) is 11.9 Å². The molecular formula is C15H26N4O2. The topological polar surface area (TPSA) is 73.4 Å². The first-order valence-corrected chi connectivity index (χ1v) is 7.61. The third-order valence-electron chi connectivity index (χ3n) is 3.67. The second-order valence-corrected chi connectivity index (χ2v) is 6.56. The Morgan fingerprint density at radius 3 is 2.52 bits per heavy atom. The van der Waals surface area contributed by atoms with Crippen molar-refractivity contribution in [1.82, 2.24) is 14.7 Å². The molecule has 1 aromatic heterocycles. The number of rotatable bonds is 2. The number of carbonyl (C=O) groups is 1. The van der Waals surface area contributed by atoms with Gasteiger partial charge in [0.2, 0.25) is 0 Å². The van der Waals surface area contributed by atoms with E-state index in [0.29, 0.717) is 19.1 Å². The molecule has 2 rings (SSSR count). The molecular weight excluding hydrogens is 268 g/mol. The fourth-order valence-electron chi connectivity index (χ4n) is 2.54. The standard InChI is InChI=1S/C15H26N4O2/c1-5-13-12(16)10-19(17-13)11-6-8-18(9-7-11)14(20)21-15(2,3)4/h10-11H,5-9,16H2,1-4H3. The largest absolute Gasteiger partial charge is 0.444 e. The third kappa shape index (κ3) is 3.89. The number of hydrogen-bond donors (Lipinski definition) is 1. The first kappa shape index (κ1) is 15.7. The van der Waals surface area contributed by atoms with Gasteiger partial charge in [-0.2, -0.15) is 5.10 Å². The fraction of sp³-hybridized carbons (Fsp3) is 0.733. The maximum Gasteiger partial charge on any atom is 0.410 e. The van der Waals surface area contributed by atoms with Gasteiger partial charge in [-0.05, 0) is 40.0 Å². The SMILES string of the molecule is CCc1nn(C2CCN(C(=O)OC(C)(C)C)CC2)cc1N. The zero-order chi connectivity index (χ0) is 15.6. The van der Waals surface area contributed by atoms with E-state index in [9.17, 15) is 4.79 Å². The summed E-state index contributed by atoms with van der Waals surface area (Å²) in [5.74, 6) is 0. The lowest BCUT2D eigenvalue weighted by atomic mass is 10.1. The summed E-state index contributed by atoms with van der Waals surface area (Å²) in [7, 11) is 0. The minimum atomic E-state index is -0.444. The predicted octanol–water partition coefficient (Wildman–Crippen LogP) is 2.60. The van der Waals surface area contributed by atoms with Gasteiger partial charge in [-0.1, -0.05) is 6.92 Å². The van der Waals surface area contributed by atoms with Gasteiger partial charge in [0.15, 0.2) is 0 Å². The van der Waals surface area contributed by atoms with E-state index in [1.54, 1.807) is 4.90 Å². The lowest BCUT2D eigenvalue weighted by Gasteiger charge is -2.33. The van der Waals surface area contributed by atoms with Crippen molar-refractivity contribution >= 4 is 11.8 Å². The van der Waals surface area contributed by atoms with Gasteiger partial charge in [0.25, 0.3) is 0 Å². The molecule has 6 nitrogen and oxygen atoms in total. The molecule has 0 aromatic carbocycles. The molecule has 1 fully saturated rings. The highest BCUT2D eigenvalue weighted by molar-refractivity contribution is 5.68. The Labute approximate surface area is 126 Å². The number of nitrogen functional groups attached to an aromatic ring is 1. The smallest absolute Gasteiger partial charge is 0.410 e. The molecule has 0 aliphatic carbocycles. The Bertz CT molecular complexity index is 496. The van der Waals surface area contributed by atoms with E-state index in [0.717, 1.165) is 30.6 Å². The summed E-state index contributed by atoms with van der Waals surface area (Å²) in [6.45, 7) is 9.10. The van der Waals surface area contributed by atoms with Gasteiger partial charge in [0, 0.05) is 19.3 Å². The molecule has 1 aliphatic heterocycles. The van der Waals surface area contributed by atoms with Gasteiger partial charge in [-0.25, -0.2) is 4.79 Å². The second kappa shape index (κ2) is 5.95. The normalized spacial score (nSPS) is 17.0. The number of nitrogens with two attached hydrogens (primary N) is 1. The molecule has 1 aromatic rings. The first-order valence-electron chi connectivity index (χ1n) is 7.61. The van der Waals surface area contributed by atoms with E-state index in [-0.39, 0.29) is 6.09 Å². The highest BCUT2D eigenvalue weighted by Gasteiger charge is 2.28. The van der Waals surface area contributed by atoms with Crippen LogP contribution in [0.1, 0.15) is 52.3 Å². The summed E-state index contributed by atoms with van der Waals surface area (Å²) in [4.78, 5) is 13.8. The van der Waals surface area contributed by atoms with E-state index in [1.807, 2.05) is 38.6 Å². The number of ether oxygens (including phenoxy) is 1. The summed E-state index contributed by atoms with van der Waals surface area (Å²) in [6, 6.07) is 0.311. The van der Waals surface area contributed by atoms with Crippen LogP contribution in [0.3, 0.4) is 0 Å². The van der Waals surface area contributed by atoms with Crippen molar-refractivity contribution in [2.45, 2.75) is 58.6 Å². The third-order valence-corrected chi connectivity index (χ3v) is 3.67. The molecule has 21 heavy (non-hydrogen) atoms. The molecule has 0 atom stereocenters. The van der Waals surface area contributed by atoms with Crippen molar-refractivity contribution in [2.75, 3.05) is 18.8 Å². The summed E-state index contributed by atoms with van der Waals surface area (Å²) >= 11 is 0. The number of amides is 1. The highest BCUT2D eigenvalue weighted by atomic mass is 16.6.